The number of halogens is 3. The number of rotatable bonds is 6. The molecule has 6 N–H and O–H groups in total. The van der Waals surface area contributed by atoms with Crippen LogP contribution in [0.15, 0.2) is 72.8 Å². The van der Waals surface area contributed by atoms with Crippen LogP contribution in [0.4, 0.5) is 13.2 Å². The van der Waals surface area contributed by atoms with E-state index in [-0.39, 0.29) is 5.91 Å². The number of carboxylic acids is 2. The fraction of sp³-hybridized carbons (Fsp3) is 0.241. The van der Waals surface area contributed by atoms with E-state index >= 15 is 0 Å². The van der Waals surface area contributed by atoms with E-state index in [0.717, 1.165) is 17.5 Å². The maximum absolute atomic E-state index is 12.2. The van der Waals surface area contributed by atoms with Crippen LogP contribution < -0.4 is 16.4 Å². The summed E-state index contributed by atoms with van der Waals surface area (Å²) in [6.07, 6.45) is -1.56. The lowest BCUT2D eigenvalue weighted by atomic mass is 10.1. The third kappa shape index (κ3) is 10.1. The highest BCUT2D eigenvalue weighted by molar-refractivity contribution is 5.97. The van der Waals surface area contributed by atoms with Gasteiger partial charge in [-0.2, -0.15) is 13.2 Å². The summed E-state index contributed by atoms with van der Waals surface area (Å²) in [5.41, 5.74) is 10.8. The molecule has 0 unspecified atom stereocenters. The smallest absolute Gasteiger partial charge is 0.479 e. The molecule has 218 valence electrons. The number of amides is 2. The van der Waals surface area contributed by atoms with Crippen LogP contribution in [0.3, 0.4) is 0 Å². The van der Waals surface area contributed by atoms with Crippen LogP contribution in [-0.2, 0) is 29.0 Å². The number of nitrogens with one attached hydrogen (secondary N) is 2. The lowest BCUT2D eigenvalue weighted by Crippen LogP contribution is -2.33. The van der Waals surface area contributed by atoms with Gasteiger partial charge in [0, 0.05) is 24.7 Å². The fourth-order valence-electron chi connectivity index (χ4n) is 3.84. The van der Waals surface area contributed by atoms with Gasteiger partial charge in [0.25, 0.3) is 11.8 Å². The summed E-state index contributed by atoms with van der Waals surface area (Å²) < 4.78 is 31.7. The Bertz CT molecular complexity index is 1360. The first-order valence-electron chi connectivity index (χ1n) is 12.4. The number of hydrogen-bond donors (Lipinski definition) is 5. The normalized spacial score (nSPS) is 12.3. The Balaban J connectivity index is 0.000000249. The van der Waals surface area contributed by atoms with Gasteiger partial charge in [-0.3, -0.25) is 9.59 Å². The summed E-state index contributed by atoms with van der Waals surface area (Å²) in [4.78, 5) is 43.7. The van der Waals surface area contributed by atoms with Crippen molar-refractivity contribution in [1.29, 1.82) is 0 Å². The molecule has 0 fully saturated rings. The Morgan fingerprint density at radius 2 is 1.46 bits per heavy atom. The van der Waals surface area contributed by atoms with Crippen molar-refractivity contribution in [2.24, 2.45) is 5.73 Å². The van der Waals surface area contributed by atoms with Gasteiger partial charge in [-0.05, 0) is 65.8 Å². The van der Waals surface area contributed by atoms with Crippen LogP contribution >= 0.6 is 0 Å². The zero-order valence-electron chi connectivity index (χ0n) is 22.1. The predicted octanol–water partition coefficient (Wildman–Crippen LogP) is 3.87. The van der Waals surface area contributed by atoms with Crippen molar-refractivity contribution in [2.75, 3.05) is 7.05 Å². The van der Waals surface area contributed by atoms with Crippen LogP contribution in [0.5, 0.6) is 0 Å². The van der Waals surface area contributed by atoms with E-state index in [9.17, 15) is 32.7 Å². The highest BCUT2D eigenvalue weighted by atomic mass is 19.4. The van der Waals surface area contributed by atoms with E-state index in [1.807, 2.05) is 18.2 Å². The molecule has 0 radical (unpaired) electrons. The molecule has 1 aliphatic carbocycles. The van der Waals surface area contributed by atoms with Gasteiger partial charge in [0.2, 0.25) is 0 Å². The molecule has 12 heteroatoms. The van der Waals surface area contributed by atoms with E-state index in [4.69, 9.17) is 15.6 Å². The summed E-state index contributed by atoms with van der Waals surface area (Å²) in [5, 5.41) is 21.6. The second-order valence-corrected chi connectivity index (χ2v) is 8.78. The van der Waals surface area contributed by atoms with E-state index in [0.29, 0.717) is 17.7 Å². The number of carbonyl (C=O) groups excluding carboxylic acids is 2. The number of hydrogen-bond acceptors (Lipinski definition) is 5. The largest absolute Gasteiger partial charge is 0.490 e. The molecule has 0 aliphatic heterocycles. The van der Waals surface area contributed by atoms with Crippen LogP contribution in [0.1, 0.15) is 55.4 Å². The summed E-state index contributed by atoms with van der Waals surface area (Å²) >= 11 is 0. The number of benzene rings is 3. The lowest BCUT2D eigenvalue weighted by Gasteiger charge is -2.15. The Morgan fingerprint density at radius 1 is 0.854 bits per heavy atom. The molecule has 1 atom stereocenters. The SMILES string of the molecule is CNC(=O)c1ccc2c(c1)CCC2.NCc1cccc(C(=O)N[C@@H](C(=O)O)c2ccccc2)c1.O=C(O)C(F)(F)F. The molecule has 0 aromatic heterocycles. The van der Waals surface area contributed by atoms with Gasteiger partial charge in [0.05, 0.1) is 0 Å². The third-order valence-electron chi connectivity index (χ3n) is 5.91. The minimum Gasteiger partial charge on any atom is -0.479 e. The number of aliphatic carboxylic acids is 2. The van der Waals surface area contributed by atoms with E-state index in [2.05, 4.69) is 16.7 Å². The van der Waals surface area contributed by atoms with Gasteiger partial charge in [0.15, 0.2) is 6.04 Å². The van der Waals surface area contributed by atoms with E-state index in [1.54, 1.807) is 55.6 Å². The molecular formula is C29H30F3N3O6. The first-order valence-corrected chi connectivity index (χ1v) is 12.4. The van der Waals surface area contributed by atoms with Gasteiger partial charge < -0.3 is 26.6 Å². The van der Waals surface area contributed by atoms with Crippen LogP contribution in [-0.4, -0.2) is 47.2 Å². The fourth-order valence-corrected chi connectivity index (χ4v) is 3.84. The molecule has 41 heavy (non-hydrogen) atoms. The summed E-state index contributed by atoms with van der Waals surface area (Å²) in [6.45, 7) is 0.322. The molecule has 0 spiro atoms. The summed E-state index contributed by atoms with van der Waals surface area (Å²) in [5.74, 6) is -4.30. The minimum atomic E-state index is -5.08. The van der Waals surface area contributed by atoms with E-state index in [1.165, 1.54) is 24.0 Å². The van der Waals surface area contributed by atoms with Gasteiger partial charge in [-0.25, -0.2) is 9.59 Å². The highest BCUT2D eigenvalue weighted by Gasteiger charge is 2.38. The molecule has 1 aliphatic rings. The highest BCUT2D eigenvalue weighted by Crippen LogP contribution is 2.22. The topological polar surface area (TPSA) is 159 Å². The van der Waals surface area contributed by atoms with Gasteiger partial charge in [0.1, 0.15) is 0 Å². The van der Waals surface area contributed by atoms with E-state index < -0.39 is 30.1 Å². The Kier molecular flexibility index (Phi) is 12.0. The number of carboxylic acid groups (broad SMARTS) is 2. The average molecular weight is 574 g/mol. The molecular weight excluding hydrogens is 543 g/mol. The van der Waals surface area contributed by atoms with Gasteiger partial charge in [-0.15, -0.1) is 0 Å². The Hall–Kier alpha value is -4.71. The maximum atomic E-state index is 12.2. The first-order chi connectivity index (χ1) is 19.4. The first kappa shape index (κ1) is 32.5. The number of alkyl halides is 3. The van der Waals surface area contributed by atoms with Crippen molar-refractivity contribution < 1.29 is 42.6 Å². The average Bonchev–Trinajstić information content (AvgIpc) is 3.44. The van der Waals surface area contributed by atoms with Gasteiger partial charge in [-0.1, -0.05) is 48.5 Å². The second kappa shape index (κ2) is 15.2. The van der Waals surface area contributed by atoms with Crippen LogP contribution in [0, 0.1) is 0 Å². The van der Waals surface area contributed by atoms with Gasteiger partial charge >= 0.3 is 18.1 Å². The van der Waals surface area contributed by atoms with Crippen molar-refractivity contribution >= 4 is 23.8 Å². The molecule has 0 saturated carbocycles. The number of nitrogens with two attached hydrogens (primary N) is 1. The molecule has 0 heterocycles. The summed E-state index contributed by atoms with van der Waals surface area (Å²) in [6, 6.07) is 20.3. The zero-order valence-corrected chi connectivity index (χ0v) is 22.1. The third-order valence-corrected chi connectivity index (χ3v) is 5.91. The minimum absolute atomic E-state index is 0.00898. The van der Waals surface area contributed by atoms with Crippen molar-refractivity contribution in [1.82, 2.24) is 10.6 Å². The molecule has 3 aromatic rings. The zero-order chi connectivity index (χ0) is 30.6. The molecule has 9 nitrogen and oxygen atoms in total. The van der Waals surface area contributed by atoms with Crippen molar-refractivity contribution in [3.63, 3.8) is 0 Å². The summed E-state index contributed by atoms with van der Waals surface area (Å²) in [7, 11) is 1.66. The predicted molar refractivity (Wildman–Crippen MR) is 144 cm³/mol. The quantitative estimate of drug-likeness (QED) is 0.299. The number of fused-ring (bicyclic) bond motifs is 1. The molecule has 2 amide bonds. The molecule has 3 aromatic carbocycles. The van der Waals surface area contributed by atoms with Crippen LogP contribution in [0.2, 0.25) is 0 Å². The second-order valence-electron chi connectivity index (χ2n) is 8.78. The molecule has 0 bridgehead atoms. The van der Waals surface area contributed by atoms with Crippen molar-refractivity contribution in [2.45, 2.75) is 38.0 Å². The number of aryl methyl sites for hydroxylation is 2. The Labute approximate surface area is 234 Å². The lowest BCUT2D eigenvalue weighted by molar-refractivity contribution is -0.192. The Morgan fingerprint density at radius 3 is 2.02 bits per heavy atom. The maximum Gasteiger partial charge on any atom is 0.490 e. The number of carbonyl (C=O) groups is 4. The molecule has 4 rings (SSSR count). The monoisotopic (exact) mass is 573 g/mol. The van der Waals surface area contributed by atoms with Crippen LogP contribution in [0.25, 0.3) is 0 Å². The standard InChI is InChI=1S/C16H16N2O3.C11H13NO.C2HF3O2/c17-10-11-5-4-8-13(9-11)15(19)18-14(16(20)21)12-6-2-1-3-7-12;1-12-11(13)10-6-5-8-3-2-4-9(8)7-10;3-2(4,5)1(6)7/h1-9,14H,10,17H2,(H,18,19)(H,20,21);5-7H,2-4H2,1H3,(H,12,13);(H,6,7)/t14-;;/m1../s1. The molecule has 0 saturated heterocycles. The van der Waals surface area contributed by atoms with Crippen molar-refractivity contribution in [3.8, 4) is 0 Å². The van der Waals surface area contributed by atoms with Crippen molar-refractivity contribution in [3.05, 3.63) is 106 Å².